The number of anilines is 1. The lowest BCUT2D eigenvalue weighted by Gasteiger charge is -2.40. The minimum atomic E-state index is -0.213. The van der Waals surface area contributed by atoms with Crippen LogP contribution in [0, 0.1) is 6.57 Å². The Balaban J connectivity index is 1.28. The number of fused-ring (bicyclic) bond motifs is 2. The molecule has 9 heteroatoms. The highest BCUT2D eigenvalue weighted by molar-refractivity contribution is 5.87. The Morgan fingerprint density at radius 1 is 1.14 bits per heavy atom. The van der Waals surface area contributed by atoms with Gasteiger partial charge in [-0.15, -0.1) is 0 Å². The molecule has 0 saturated carbocycles. The van der Waals surface area contributed by atoms with Crippen molar-refractivity contribution < 1.29 is 9.53 Å². The molecule has 2 aromatic rings. The van der Waals surface area contributed by atoms with E-state index < -0.39 is 0 Å². The molecule has 2 fully saturated rings. The third kappa shape index (κ3) is 5.50. The number of likely N-dealkylation sites (tertiary alicyclic amines) is 1. The topological polar surface area (TPSA) is 69.4 Å². The number of benzene rings is 1. The lowest BCUT2D eigenvalue weighted by atomic mass is 10.1. The average Bonchev–Trinajstić information content (AvgIpc) is 3.73. The second kappa shape index (κ2) is 11.7. The first kappa shape index (κ1) is 28.6. The first-order valence-corrected chi connectivity index (χ1v) is 15.4. The van der Waals surface area contributed by atoms with Crippen molar-refractivity contribution in [1.82, 2.24) is 24.7 Å². The summed E-state index contributed by atoms with van der Waals surface area (Å²) in [5.74, 6) is 0.773. The fraction of sp³-hybridized carbons (Fsp3) is 0.576. The van der Waals surface area contributed by atoms with Crippen molar-refractivity contribution in [1.29, 1.82) is 0 Å². The van der Waals surface area contributed by atoms with Crippen molar-refractivity contribution >= 4 is 11.7 Å². The first-order valence-electron chi connectivity index (χ1n) is 15.4. The van der Waals surface area contributed by atoms with Gasteiger partial charge >= 0.3 is 6.01 Å². The van der Waals surface area contributed by atoms with Gasteiger partial charge in [0.2, 0.25) is 12.5 Å². The van der Waals surface area contributed by atoms with Gasteiger partial charge in [0, 0.05) is 55.9 Å². The molecule has 1 unspecified atom stereocenters. The molecule has 0 N–H and O–H groups in total. The third-order valence-corrected chi connectivity index (χ3v) is 9.49. The quantitative estimate of drug-likeness (QED) is 0.365. The zero-order valence-electron chi connectivity index (χ0n) is 25.3. The van der Waals surface area contributed by atoms with Crippen LogP contribution in [0.5, 0.6) is 6.01 Å². The molecule has 1 aromatic carbocycles. The van der Waals surface area contributed by atoms with Crippen LogP contribution in [0.2, 0.25) is 0 Å². The number of hydrogen-bond acceptors (Lipinski definition) is 7. The summed E-state index contributed by atoms with van der Waals surface area (Å²) in [6.07, 6.45) is 5.85. The highest BCUT2D eigenvalue weighted by Crippen LogP contribution is 2.42. The zero-order chi connectivity index (χ0) is 29.4. The smallest absolute Gasteiger partial charge is 0.318 e. The Hall–Kier alpha value is -3.48. The van der Waals surface area contributed by atoms with Crippen molar-refractivity contribution in [3.8, 4) is 6.01 Å². The van der Waals surface area contributed by atoms with E-state index >= 15 is 0 Å². The average molecular weight is 570 g/mol. The van der Waals surface area contributed by atoms with Crippen LogP contribution in [-0.2, 0) is 24.3 Å². The van der Waals surface area contributed by atoms with Gasteiger partial charge in [-0.1, -0.05) is 30.8 Å². The van der Waals surface area contributed by atoms with Crippen molar-refractivity contribution in [2.24, 2.45) is 0 Å². The predicted molar refractivity (Wildman–Crippen MR) is 163 cm³/mol. The van der Waals surface area contributed by atoms with Gasteiger partial charge in [0.1, 0.15) is 18.5 Å². The van der Waals surface area contributed by atoms with E-state index in [4.69, 9.17) is 21.3 Å². The van der Waals surface area contributed by atoms with Gasteiger partial charge in [-0.3, -0.25) is 14.6 Å². The first-order chi connectivity index (χ1) is 20.3. The van der Waals surface area contributed by atoms with E-state index in [1.54, 1.807) is 4.90 Å². The molecule has 42 heavy (non-hydrogen) atoms. The zero-order valence-corrected chi connectivity index (χ0v) is 25.3. The van der Waals surface area contributed by atoms with Crippen LogP contribution in [0.15, 0.2) is 36.9 Å². The van der Waals surface area contributed by atoms with Crippen LogP contribution < -0.4 is 9.64 Å². The molecular formula is C33H43N7O2. The summed E-state index contributed by atoms with van der Waals surface area (Å²) in [6.45, 7) is 23.2. The molecule has 6 rings (SSSR count). The Bertz CT molecular complexity index is 1380. The van der Waals surface area contributed by atoms with Crippen molar-refractivity contribution in [2.45, 2.75) is 83.2 Å². The number of aryl methyl sites for hydroxylation is 1. The van der Waals surface area contributed by atoms with Gasteiger partial charge in [-0.2, -0.15) is 9.97 Å². The van der Waals surface area contributed by atoms with Gasteiger partial charge in [0.05, 0.1) is 5.69 Å². The van der Waals surface area contributed by atoms with Crippen LogP contribution in [0.25, 0.3) is 4.85 Å². The van der Waals surface area contributed by atoms with E-state index in [-0.39, 0.29) is 24.0 Å². The standard InChI is InChI=1S/C33H43N7O2/c1-6-30(41)39-17-16-37(19-25(39)18-34-5)31-27-20-38(29-14-13-23-10-7-8-12-26(23)29)21-28(27)35-32(36-31)42-22-24-11-9-15-40(24)33(2,3)4/h6-8,10,12,24-25,29H,1,9,11,13-22H2,2-4H3/t24-,25-,29?/m0/s1. The number of ether oxygens (including phenoxy) is 1. The Morgan fingerprint density at radius 3 is 2.76 bits per heavy atom. The summed E-state index contributed by atoms with van der Waals surface area (Å²) in [5.41, 5.74) is 5.14. The maximum absolute atomic E-state index is 12.6. The number of carbonyl (C=O) groups excluding carboxylic acids is 1. The van der Waals surface area contributed by atoms with Gasteiger partial charge in [0.25, 0.3) is 0 Å². The summed E-state index contributed by atoms with van der Waals surface area (Å²) in [5, 5.41) is 0. The minimum Gasteiger partial charge on any atom is -0.462 e. The molecule has 0 bridgehead atoms. The van der Waals surface area contributed by atoms with Gasteiger partial charge in [-0.05, 0) is 70.2 Å². The van der Waals surface area contributed by atoms with E-state index in [1.165, 1.54) is 23.6 Å². The second-order valence-corrected chi connectivity index (χ2v) is 13.1. The summed E-state index contributed by atoms with van der Waals surface area (Å²) in [7, 11) is 0. The normalized spacial score (nSPS) is 24.4. The van der Waals surface area contributed by atoms with Crippen LogP contribution >= 0.6 is 0 Å². The number of rotatable bonds is 7. The fourth-order valence-electron chi connectivity index (χ4n) is 7.48. The summed E-state index contributed by atoms with van der Waals surface area (Å²) < 4.78 is 6.40. The molecule has 0 spiro atoms. The number of nitrogens with zero attached hydrogens (tertiary/aromatic N) is 7. The van der Waals surface area contributed by atoms with E-state index in [0.29, 0.717) is 44.3 Å². The summed E-state index contributed by atoms with van der Waals surface area (Å²) >= 11 is 0. The van der Waals surface area contributed by atoms with Crippen molar-refractivity contribution in [3.05, 3.63) is 70.7 Å². The Labute approximate surface area is 250 Å². The molecule has 1 amide bonds. The van der Waals surface area contributed by atoms with E-state index in [1.807, 2.05) is 0 Å². The van der Waals surface area contributed by atoms with Crippen molar-refractivity contribution in [3.63, 3.8) is 0 Å². The monoisotopic (exact) mass is 569 g/mol. The summed E-state index contributed by atoms with van der Waals surface area (Å²) in [6, 6.07) is 9.72. The number of carbonyl (C=O) groups is 1. The third-order valence-electron chi connectivity index (χ3n) is 9.49. The molecule has 3 aliphatic heterocycles. The van der Waals surface area contributed by atoms with Gasteiger partial charge in [-0.25, -0.2) is 6.57 Å². The van der Waals surface area contributed by atoms with E-state index in [2.05, 4.69) is 71.2 Å². The SMILES string of the molecule is [C-]#[N+]C[C@H]1CN(c2nc(OC[C@@H]3CCCN3C(C)(C)C)nc3c2CN(C2CCc4ccccc42)C3)CCN1C(=O)C=C. The van der Waals surface area contributed by atoms with Crippen LogP contribution in [0.3, 0.4) is 0 Å². The number of hydrogen-bond donors (Lipinski definition) is 0. The molecule has 4 heterocycles. The number of aromatic nitrogens is 2. The van der Waals surface area contributed by atoms with Crippen LogP contribution in [0.1, 0.15) is 68.5 Å². The predicted octanol–water partition coefficient (Wildman–Crippen LogP) is 4.24. The molecule has 1 aliphatic carbocycles. The maximum Gasteiger partial charge on any atom is 0.318 e. The molecule has 1 aromatic heterocycles. The lowest BCUT2D eigenvalue weighted by molar-refractivity contribution is -0.128. The van der Waals surface area contributed by atoms with E-state index in [9.17, 15) is 4.79 Å². The highest BCUT2D eigenvalue weighted by Gasteiger charge is 2.39. The Morgan fingerprint density at radius 2 is 1.98 bits per heavy atom. The molecule has 222 valence electrons. The summed E-state index contributed by atoms with van der Waals surface area (Å²) in [4.78, 5) is 35.4. The van der Waals surface area contributed by atoms with E-state index in [0.717, 1.165) is 56.0 Å². The minimum absolute atomic E-state index is 0.0903. The molecule has 0 radical (unpaired) electrons. The fourth-order valence-corrected chi connectivity index (χ4v) is 7.48. The number of amides is 1. The molecular weight excluding hydrogens is 526 g/mol. The highest BCUT2D eigenvalue weighted by atomic mass is 16.5. The van der Waals surface area contributed by atoms with Crippen molar-refractivity contribution in [2.75, 3.05) is 44.2 Å². The number of piperazine rings is 1. The van der Waals surface area contributed by atoms with Gasteiger partial charge < -0.3 is 19.4 Å². The molecule has 9 nitrogen and oxygen atoms in total. The maximum atomic E-state index is 12.6. The largest absolute Gasteiger partial charge is 0.462 e. The van der Waals surface area contributed by atoms with Crippen LogP contribution in [0.4, 0.5) is 5.82 Å². The van der Waals surface area contributed by atoms with Gasteiger partial charge in [0.15, 0.2) is 0 Å². The van der Waals surface area contributed by atoms with Crippen LogP contribution in [-0.4, -0.2) is 87.5 Å². The molecule has 4 aliphatic rings. The Kier molecular flexibility index (Phi) is 7.95. The second-order valence-electron chi connectivity index (χ2n) is 13.1. The molecule has 2 saturated heterocycles. The lowest BCUT2D eigenvalue weighted by Crippen LogP contribution is -2.56. The molecule has 3 atom stereocenters.